The van der Waals surface area contributed by atoms with E-state index in [-0.39, 0.29) is 36.0 Å². The lowest BCUT2D eigenvalue weighted by molar-refractivity contribution is 0.0941. The number of aromatic nitrogens is 2. The third-order valence-corrected chi connectivity index (χ3v) is 7.09. The summed E-state index contributed by atoms with van der Waals surface area (Å²) in [6, 6.07) is 21.6. The third-order valence-electron chi connectivity index (χ3n) is 7.09. The second-order valence-electron chi connectivity index (χ2n) is 10.1. The van der Waals surface area contributed by atoms with Gasteiger partial charge in [0.2, 0.25) is 5.75 Å². The summed E-state index contributed by atoms with van der Waals surface area (Å²) in [6.45, 7) is 3.06. The molecule has 5 N–H and O–H groups in total. The van der Waals surface area contributed by atoms with Crippen LogP contribution in [0.25, 0.3) is 0 Å². The number of rotatable bonds is 7. The summed E-state index contributed by atoms with van der Waals surface area (Å²) < 4.78 is 26.8. The molecule has 10 heteroatoms. The summed E-state index contributed by atoms with van der Waals surface area (Å²) in [6.07, 6.45) is 2.42. The highest BCUT2D eigenvalue weighted by molar-refractivity contribution is 5.94. The average molecular weight is 576 g/mol. The van der Waals surface area contributed by atoms with Gasteiger partial charge in [-0.05, 0) is 67.1 Å². The van der Waals surface area contributed by atoms with Gasteiger partial charge in [-0.3, -0.25) is 14.2 Å². The van der Waals surface area contributed by atoms with Gasteiger partial charge in [0, 0.05) is 25.7 Å². The number of aromatic hydroxyl groups is 1. The van der Waals surface area contributed by atoms with Crippen LogP contribution in [-0.2, 0) is 19.6 Å². The highest BCUT2D eigenvalue weighted by Crippen LogP contribution is 2.27. The molecule has 0 fully saturated rings. The molecule has 0 unspecified atom stereocenters. The van der Waals surface area contributed by atoms with Crippen LogP contribution in [0.15, 0.2) is 83.7 Å². The van der Waals surface area contributed by atoms with Gasteiger partial charge in [-0.2, -0.15) is 0 Å². The fraction of sp³-hybridized carbons (Fsp3) is 0.281. The number of hydrogen-bond acceptors (Lipinski definition) is 6. The van der Waals surface area contributed by atoms with Crippen molar-refractivity contribution in [2.45, 2.75) is 57.9 Å². The number of fused-ring (bicyclic) bond motifs is 1. The average Bonchev–Trinajstić information content (AvgIpc) is 3.21. The summed E-state index contributed by atoms with van der Waals surface area (Å²) in [5, 5.41) is 16.7. The first-order chi connectivity index (χ1) is 20.3. The van der Waals surface area contributed by atoms with Crippen molar-refractivity contribution in [3.63, 3.8) is 0 Å². The van der Waals surface area contributed by atoms with Crippen LogP contribution in [0.1, 0.15) is 71.3 Å². The molecule has 2 heterocycles. The molecule has 0 saturated heterocycles. The van der Waals surface area contributed by atoms with E-state index in [1.54, 1.807) is 24.3 Å². The number of hydrogen-bond donors (Lipinski definition) is 4. The van der Waals surface area contributed by atoms with Crippen molar-refractivity contribution >= 4 is 5.91 Å². The van der Waals surface area contributed by atoms with Gasteiger partial charge in [-0.1, -0.05) is 54.6 Å². The Labute approximate surface area is 243 Å². The lowest BCUT2D eigenvalue weighted by Crippen LogP contribution is -2.35. The minimum Gasteiger partial charge on any atom is -0.501 e. The van der Waals surface area contributed by atoms with Gasteiger partial charge in [0.1, 0.15) is 17.5 Å². The van der Waals surface area contributed by atoms with E-state index in [0.29, 0.717) is 24.5 Å². The number of carbonyl (C=O) groups is 1. The predicted molar refractivity (Wildman–Crippen MR) is 157 cm³/mol. The van der Waals surface area contributed by atoms with Gasteiger partial charge >= 0.3 is 0 Å². The monoisotopic (exact) mass is 575 g/mol. The van der Waals surface area contributed by atoms with Crippen LogP contribution in [0.2, 0.25) is 0 Å². The molecule has 1 aromatic heterocycles. The fourth-order valence-electron chi connectivity index (χ4n) is 4.74. The summed E-state index contributed by atoms with van der Waals surface area (Å²) in [4.78, 5) is 30.2. The zero-order valence-corrected chi connectivity index (χ0v) is 23.4. The fourth-order valence-corrected chi connectivity index (χ4v) is 4.74. The van der Waals surface area contributed by atoms with Crippen molar-refractivity contribution in [1.29, 1.82) is 0 Å². The van der Waals surface area contributed by atoms with Crippen LogP contribution < -0.4 is 21.9 Å². The molecule has 42 heavy (non-hydrogen) atoms. The van der Waals surface area contributed by atoms with Gasteiger partial charge in [-0.15, -0.1) is 0 Å². The summed E-state index contributed by atoms with van der Waals surface area (Å²) in [7, 11) is 0. The number of nitrogens with one attached hydrogen (secondary N) is 2. The Morgan fingerprint density at radius 2 is 1.62 bits per heavy atom. The van der Waals surface area contributed by atoms with Crippen molar-refractivity contribution in [3.05, 3.63) is 129 Å². The Bertz CT molecular complexity index is 1530. The number of halogens is 2. The quantitative estimate of drug-likeness (QED) is 0.249. The highest BCUT2D eigenvalue weighted by atomic mass is 19.1. The van der Waals surface area contributed by atoms with Crippen molar-refractivity contribution < 1.29 is 18.7 Å². The smallest absolute Gasteiger partial charge is 0.296 e. The molecule has 0 radical (unpaired) electrons. The molecule has 3 aromatic carbocycles. The largest absolute Gasteiger partial charge is 0.501 e. The van der Waals surface area contributed by atoms with E-state index in [9.17, 15) is 23.5 Å². The van der Waals surface area contributed by atoms with Gasteiger partial charge in [0.15, 0.2) is 5.69 Å². The Morgan fingerprint density at radius 3 is 2.24 bits per heavy atom. The summed E-state index contributed by atoms with van der Waals surface area (Å²) >= 11 is 0. The van der Waals surface area contributed by atoms with Crippen LogP contribution >= 0.6 is 0 Å². The molecule has 0 saturated carbocycles. The van der Waals surface area contributed by atoms with Gasteiger partial charge in [-0.25, -0.2) is 13.8 Å². The second-order valence-corrected chi connectivity index (χ2v) is 10.1. The van der Waals surface area contributed by atoms with Gasteiger partial charge in [0.25, 0.3) is 11.5 Å². The minimum atomic E-state index is -0.660. The lowest BCUT2D eigenvalue weighted by atomic mass is 10.0. The highest BCUT2D eigenvalue weighted by Gasteiger charge is 2.28. The molecule has 220 valence electrons. The van der Waals surface area contributed by atoms with E-state index < -0.39 is 17.2 Å². The molecule has 1 aliphatic heterocycles. The first-order valence-electron chi connectivity index (χ1n) is 13.9. The van der Waals surface area contributed by atoms with E-state index in [1.165, 1.54) is 28.8 Å². The first-order valence-corrected chi connectivity index (χ1v) is 13.9. The van der Waals surface area contributed by atoms with Crippen molar-refractivity contribution in [3.8, 4) is 5.75 Å². The molecule has 4 aromatic rings. The minimum absolute atomic E-state index is 0.00390. The molecule has 1 aliphatic rings. The normalized spacial score (nSPS) is 15.0. The Kier molecular flexibility index (Phi) is 10.5. The van der Waals surface area contributed by atoms with Crippen LogP contribution in [0.4, 0.5) is 8.78 Å². The zero-order valence-electron chi connectivity index (χ0n) is 23.4. The number of carbonyl (C=O) groups excluding carboxylic acids is 1. The third kappa shape index (κ3) is 7.86. The standard InChI is InChI=1S/C25H27FN4O3.C7H8FN/c1-16(18-7-3-2-4-8-18)28-20-9-5-6-14-30-23(20)29-21(22(31)25(30)33)24(32)27-15-17-10-12-19(26)13-11-17;8-7-3-1-6(5-9)2-4-7/h2-4,7-8,10-13,16,20,28,31H,5-6,9,14-15H2,1H3,(H,27,32);1-4H,5,9H2/t16-,20+;/m1./s1. The van der Waals surface area contributed by atoms with E-state index in [2.05, 4.69) is 15.6 Å². The zero-order chi connectivity index (χ0) is 30.1. The molecule has 0 bridgehead atoms. The number of amides is 1. The van der Waals surface area contributed by atoms with E-state index in [0.717, 1.165) is 30.4 Å². The molecular weight excluding hydrogens is 540 g/mol. The van der Waals surface area contributed by atoms with Crippen LogP contribution in [0.5, 0.6) is 5.75 Å². The van der Waals surface area contributed by atoms with Crippen LogP contribution in [0.3, 0.4) is 0 Å². The molecule has 0 aliphatic carbocycles. The van der Waals surface area contributed by atoms with Crippen LogP contribution in [-0.4, -0.2) is 20.6 Å². The lowest BCUT2D eigenvalue weighted by Gasteiger charge is -2.24. The van der Waals surface area contributed by atoms with Gasteiger partial charge < -0.3 is 21.5 Å². The maximum Gasteiger partial charge on any atom is 0.296 e. The Balaban J connectivity index is 0.000000385. The maximum absolute atomic E-state index is 13.1. The molecule has 0 spiro atoms. The van der Waals surface area contributed by atoms with Crippen molar-refractivity contribution in [2.24, 2.45) is 5.73 Å². The van der Waals surface area contributed by atoms with Crippen molar-refractivity contribution in [1.82, 2.24) is 20.2 Å². The molecule has 5 rings (SSSR count). The summed E-state index contributed by atoms with van der Waals surface area (Å²) in [5.41, 5.74) is 7.11. The number of nitrogens with two attached hydrogens (primary N) is 1. The van der Waals surface area contributed by atoms with E-state index in [4.69, 9.17) is 5.73 Å². The molecule has 2 atom stereocenters. The Morgan fingerprint density at radius 1 is 1.00 bits per heavy atom. The molecule has 1 amide bonds. The molecular formula is C32H35F2N5O3. The number of nitrogens with zero attached hydrogens (tertiary/aromatic N) is 2. The van der Waals surface area contributed by atoms with Crippen molar-refractivity contribution in [2.75, 3.05) is 0 Å². The first kappa shape index (κ1) is 30.5. The Hall–Kier alpha value is -4.41. The predicted octanol–water partition coefficient (Wildman–Crippen LogP) is 4.88. The SMILES string of the molecule is C[C@@H](N[C@H]1CCCCn2c1nc(C(=O)NCc1ccc(F)cc1)c(O)c2=O)c1ccccc1.NCc1ccc(F)cc1. The van der Waals surface area contributed by atoms with E-state index >= 15 is 0 Å². The van der Waals surface area contributed by atoms with Gasteiger partial charge in [0.05, 0.1) is 6.04 Å². The maximum atomic E-state index is 13.1. The second kappa shape index (κ2) is 14.5. The van der Waals surface area contributed by atoms with Crippen LogP contribution in [0, 0.1) is 11.6 Å². The van der Waals surface area contributed by atoms with E-state index in [1.807, 2.05) is 37.3 Å². The molecule has 8 nitrogen and oxygen atoms in total. The summed E-state index contributed by atoms with van der Waals surface area (Å²) in [5.74, 6) is -1.45. The number of benzene rings is 3. The topological polar surface area (TPSA) is 122 Å².